The highest BCUT2D eigenvalue weighted by atomic mass is 15.2. The molecule has 96 valence electrons. The summed E-state index contributed by atoms with van der Waals surface area (Å²) in [6.45, 7) is 8.29. The topological polar surface area (TPSA) is 29.3 Å². The van der Waals surface area contributed by atoms with E-state index in [1.165, 1.54) is 58.0 Å². The van der Waals surface area contributed by atoms with Gasteiger partial charge in [-0.25, -0.2) is 0 Å². The van der Waals surface area contributed by atoms with Crippen LogP contribution in [0.2, 0.25) is 0 Å². The molecule has 2 unspecified atom stereocenters. The van der Waals surface area contributed by atoms with Gasteiger partial charge in [0.1, 0.15) is 0 Å². The van der Waals surface area contributed by atoms with Crippen LogP contribution in [-0.2, 0) is 0 Å². The summed E-state index contributed by atoms with van der Waals surface area (Å²) in [5.74, 6) is 0.941. The Morgan fingerprint density at radius 1 is 1.06 bits per heavy atom. The van der Waals surface area contributed by atoms with Crippen molar-refractivity contribution in [2.24, 2.45) is 11.7 Å². The largest absolute Gasteiger partial charge is 0.330 e. The van der Waals surface area contributed by atoms with Gasteiger partial charge in [-0.1, -0.05) is 26.2 Å². The van der Waals surface area contributed by atoms with Crippen LogP contribution in [0, 0.1) is 5.92 Å². The third-order valence-corrected chi connectivity index (χ3v) is 3.93. The minimum Gasteiger partial charge on any atom is -0.330 e. The molecule has 0 aliphatic carbocycles. The summed E-state index contributed by atoms with van der Waals surface area (Å²) in [4.78, 5) is 2.68. The summed E-state index contributed by atoms with van der Waals surface area (Å²) in [7, 11) is 0. The van der Waals surface area contributed by atoms with Crippen molar-refractivity contribution in [2.45, 2.75) is 64.8 Å². The molecule has 1 saturated heterocycles. The van der Waals surface area contributed by atoms with E-state index in [1.807, 2.05) is 0 Å². The average Bonchev–Trinajstić information content (AvgIpc) is 2.26. The third-order valence-electron chi connectivity index (χ3n) is 3.93. The van der Waals surface area contributed by atoms with Crippen molar-refractivity contribution in [2.75, 3.05) is 19.6 Å². The molecule has 2 nitrogen and oxygen atoms in total. The van der Waals surface area contributed by atoms with Crippen molar-refractivity contribution in [3.8, 4) is 0 Å². The van der Waals surface area contributed by atoms with Crippen LogP contribution < -0.4 is 5.73 Å². The Morgan fingerprint density at radius 3 is 2.44 bits per heavy atom. The van der Waals surface area contributed by atoms with Crippen LogP contribution in [0.4, 0.5) is 0 Å². The maximum Gasteiger partial charge on any atom is 0.00694 e. The number of nitrogens with two attached hydrogens (primary N) is 1. The van der Waals surface area contributed by atoms with E-state index in [2.05, 4.69) is 18.7 Å². The van der Waals surface area contributed by atoms with Crippen LogP contribution >= 0.6 is 0 Å². The highest BCUT2D eigenvalue weighted by Gasteiger charge is 2.21. The van der Waals surface area contributed by atoms with Gasteiger partial charge in [0.2, 0.25) is 0 Å². The SMILES string of the molecule is CC1CCN(CCCCCCCN)C(C)C1. The van der Waals surface area contributed by atoms with Gasteiger partial charge in [-0.2, -0.15) is 0 Å². The van der Waals surface area contributed by atoms with Crippen molar-refractivity contribution in [1.82, 2.24) is 4.90 Å². The summed E-state index contributed by atoms with van der Waals surface area (Å²) in [6.07, 6.45) is 9.46. The number of likely N-dealkylation sites (tertiary alicyclic amines) is 1. The molecule has 0 saturated carbocycles. The summed E-state index contributed by atoms with van der Waals surface area (Å²) >= 11 is 0. The minimum atomic E-state index is 0.813. The zero-order valence-electron chi connectivity index (χ0n) is 11.3. The van der Waals surface area contributed by atoms with Crippen LogP contribution in [-0.4, -0.2) is 30.6 Å². The molecule has 0 aromatic carbocycles. The molecule has 2 heteroatoms. The van der Waals surface area contributed by atoms with E-state index < -0.39 is 0 Å². The normalized spacial score (nSPS) is 27.2. The smallest absolute Gasteiger partial charge is 0.00694 e. The van der Waals surface area contributed by atoms with E-state index in [0.717, 1.165) is 18.5 Å². The van der Waals surface area contributed by atoms with Crippen molar-refractivity contribution in [3.63, 3.8) is 0 Å². The molecule has 1 aliphatic heterocycles. The molecule has 2 N–H and O–H groups in total. The second-order valence-corrected chi connectivity index (χ2v) is 5.57. The lowest BCUT2D eigenvalue weighted by molar-refractivity contribution is 0.127. The minimum absolute atomic E-state index is 0.813. The van der Waals surface area contributed by atoms with E-state index in [1.54, 1.807) is 0 Å². The lowest BCUT2D eigenvalue weighted by Gasteiger charge is -2.36. The second kappa shape index (κ2) is 8.08. The number of unbranched alkanes of at least 4 members (excludes halogenated alkanes) is 4. The zero-order valence-corrected chi connectivity index (χ0v) is 11.3. The van der Waals surface area contributed by atoms with Gasteiger partial charge >= 0.3 is 0 Å². The van der Waals surface area contributed by atoms with Gasteiger partial charge in [-0.3, -0.25) is 0 Å². The fraction of sp³-hybridized carbons (Fsp3) is 1.00. The van der Waals surface area contributed by atoms with Gasteiger partial charge in [0.05, 0.1) is 0 Å². The van der Waals surface area contributed by atoms with Gasteiger partial charge in [0, 0.05) is 6.04 Å². The maximum atomic E-state index is 5.48. The summed E-state index contributed by atoms with van der Waals surface area (Å²) in [5.41, 5.74) is 5.48. The van der Waals surface area contributed by atoms with Crippen LogP contribution in [0.3, 0.4) is 0 Å². The molecular weight excluding hydrogens is 196 g/mol. The van der Waals surface area contributed by atoms with E-state index in [-0.39, 0.29) is 0 Å². The number of nitrogens with zero attached hydrogens (tertiary/aromatic N) is 1. The molecule has 16 heavy (non-hydrogen) atoms. The van der Waals surface area contributed by atoms with Crippen LogP contribution in [0.1, 0.15) is 58.8 Å². The molecule has 1 heterocycles. The highest BCUT2D eigenvalue weighted by Crippen LogP contribution is 2.22. The Balaban J connectivity index is 2.00. The van der Waals surface area contributed by atoms with E-state index in [0.29, 0.717) is 0 Å². The van der Waals surface area contributed by atoms with Gasteiger partial charge in [-0.05, 0) is 58.2 Å². The van der Waals surface area contributed by atoms with Gasteiger partial charge in [0.15, 0.2) is 0 Å². The third kappa shape index (κ3) is 5.31. The van der Waals surface area contributed by atoms with Crippen molar-refractivity contribution < 1.29 is 0 Å². The summed E-state index contributed by atoms with van der Waals surface area (Å²) < 4.78 is 0. The Bertz CT molecular complexity index is 170. The van der Waals surface area contributed by atoms with Crippen LogP contribution in [0.25, 0.3) is 0 Å². The first-order chi connectivity index (χ1) is 7.74. The predicted octanol–water partition coefficient (Wildman–Crippen LogP) is 3.02. The molecule has 0 radical (unpaired) electrons. The average molecular weight is 226 g/mol. The quantitative estimate of drug-likeness (QED) is 0.676. The summed E-state index contributed by atoms with van der Waals surface area (Å²) in [6, 6.07) is 0.813. The van der Waals surface area contributed by atoms with Crippen LogP contribution in [0.5, 0.6) is 0 Å². The predicted molar refractivity (Wildman–Crippen MR) is 71.6 cm³/mol. The monoisotopic (exact) mass is 226 g/mol. The lowest BCUT2D eigenvalue weighted by Crippen LogP contribution is -2.40. The molecule has 0 spiro atoms. The Morgan fingerprint density at radius 2 is 1.75 bits per heavy atom. The first-order valence-electron chi connectivity index (χ1n) is 7.18. The van der Waals surface area contributed by atoms with Gasteiger partial charge in [0.25, 0.3) is 0 Å². The van der Waals surface area contributed by atoms with E-state index >= 15 is 0 Å². The summed E-state index contributed by atoms with van der Waals surface area (Å²) in [5, 5.41) is 0. The van der Waals surface area contributed by atoms with Crippen molar-refractivity contribution in [3.05, 3.63) is 0 Å². The fourth-order valence-electron chi connectivity index (χ4n) is 2.78. The van der Waals surface area contributed by atoms with Gasteiger partial charge < -0.3 is 10.6 Å². The fourth-order valence-corrected chi connectivity index (χ4v) is 2.78. The number of piperidine rings is 1. The maximum absolute atomic E-state index is 5.48. The molecule has 0 aromatic rings. The Kier molecular flexibility index (Phi) is 7.06. The lowest BCUT2D eigenvalue weighted by atomic mass is 9.93. The van der Waals surface area contributed by atoms with Gasteiger partial charge in [-0.15, -0.1) is 0 Å². The molecule has 2 atom stereocenters. The highest BCUT2D eigenvalue weighted by molar-refractivity contribution is 4.76. The Labute approximate surface area is 102 Å². The van der Waals surface area contributed by atoms with Crippen LogP contribution in [0.15, 0.2) is 0 Å². The molecule has 0 aromatic heterocycles. The van der Waals surface area contributed by atoms with E-state index in [9.17, 15) is 0 Å². The molecule has 1 fully saturated rings. The molecule has 1 aliphatic rings. The molecule has 0 bridgehead atoms. The number of hydrogen-bond donors (Lipinski definition) is 1. The van der Waals surface area contributed by atoms with Crippen molar-refractivity contribution >= 4 is 0 Å². The molecular formula is C14H30N2. The number of rotatable bonds is 7. The Hall–Kier alpha value is -0.0800. The van der Waals surface area contributed by atoms with Crippen molar-refractivity contribution in [1.29, 1.82) is 0 Å². The number of hydrogen-bond acceptors (Lipinski definition) is 2. The van der Waals surface area contributed by atoms with E-state index in [4.69, 9.17) is 5.73 Å². The molecule has 1 rings (SSSR count). The first-order valence-corrected chi connectivity index (χ1v) is 7.18. The first kappa shape index (κ1) is 14.0. The second-order valence-electron chi connectivity index (χ2n) is 5.57. The zero-order chi connectivity index (χ0) is 11.8. The standard InChI is InChI=1S/C14H30N2/c1-13-8-11-16(14(2)12-13)10-7-5-3-4-6-9-15/h13-14H,3-12,15H2,1-2H3. The molecule has 0 amide bonds.